The van der Waals surface area contributed by atoms with Crippen molar-refractivity contribution in [1.82, 2.24) is 4.90 Å². The number of benzene rings is 1. The van der Waals surface area contributed by atoms with Gasteiger partial charge in [-0.25, -0.2) is 0 Å². The van der Waals surface area contributed by atoms with Gasteiger partial charge in [-0.05, 0) is 25.0 Å². The van der Waals surface area contributed by atoms with Crippen LogP contribution in [0.2, 0.25) is 0 Å². The summed E-state index contributed by atoms with van der Waals surface area (Å²) in [5.74, 6) is 0.171. The largest absolute Gasteiger partial charge is 0.350 e. The molecule has 1 heterocycles. The van der Waals surface area contributed by atoms with Gasteiger partial charge in [0.1, 0.15) is 5.72 Å². The summed E-state index contributed by atoms with van der Waals surface area (Å²) in [6.07, 6.45) is 1.56. The molecule has 1 amide bonds. The van der Waals surface area contributed by atoms with Crippen molar-refractivity contribution in [1.29, 1.82) is 0 Å². The van der Waals surface area contributed by atoms with Gasteiger partial charge in [-0.15, -0.1) is 0 Å². The van der Waals surface area contributed by atoms with Crippen molar-refractivity contribution in [3.63, 3.8) is 0 Å². The SMILES string of the molecule is CCC(=O)N1C2c3ccccc3CC2OC1(C)C. The number of amides is 1. The molecule has 1 aromatic rings. The molecule has 2 atom stereocenters. The molecule has 1 aliphatic heterocycles. The molecule has 96 valence electrons. The first-order chi connectivity index (χ1) is 8.54. The number of carbonyl (C=O) groups is 1. The van der Waals surface area contributed by atoms with Crippen molar-refractivity contribution < 1.29 is 9.53 Å². The van der Waals surface area contributed by atoms with Crippen molar-refractivity contribution in [2.45, 2.75) is 51.5 Å². The molecule has 18 heavy (non-hydrogen) atoms. The highest BCUT2D eigenvalue weighted by atomic mass is 16.5. The Balaban J connectivity index is 2.05. The van der Waals surface area contributed by atoms with Gasteiger partial charge in [0.25, 0.3) is 0 Å². The molecule has 0 radical (unpaired) electrons. The van der Waals surface area contributed by atoms with Crippen LogP contribution in [-0.4, -0.2) is 22.6 Å². The summed E-state index contributed by atoms with van der Waals surface area (Å²) in [5, 5.41) is 0. The van der Waals surface area contributed by atoms with E-state index in [1.54, 1.807) is 0 Å². The molecular formula is C15H19NO2. The third-order valence-corrected chi connectivity index (χ3v) is 4.02. The van der Waals surface area contributed by atoms with Gasteiger partial charge < -0.3 is 9.64 Å². The standard InChI is InChI=1S/C15H19NO2/c1-4-13(17)16-14-11-8-6-5-7-10(11)9-12(14)18-15(16,2)3/h5-8,12,14H,4,9H2,1-3H3. The van der Waals surface area contributed by atoms with E-state index in [4.69, 9.17) is 4.74 Å². The van der Waals surface area contributed by atoms with E-state index in [1.165, 1.54) is 11.1 Å². The second-order valence-electron chi connectivity index (χ2n) is 5.57. The summed E-state index contributed by atoms with van der Waals surface area (Å²) in [4.78, 5) is 14.2. The highest BCUT2D eigenvalue weighted by Crippen LogP contribution is 2.48. The molecule has 0 spiro atoms. The fourth-order valence-corrected chi connectivity index (χ4v) is 3.34. The zero-order valence-electron chi connectivity index (χ0n) is 11.1. The molecule has 0 N–H and O–H groups in total. The Kier molecular flexibility index (Phi) is 2.49. The van der Waals surface area contributed by atoms with E-state index in [-0.39, 0.29) is 18.1 Å². The van der Waals surface area contributed by atoms with Gasteiger partial charge in [0.15, 0.2) is 0 Å². The predicted molar refractivity (Wildman–Crippen MR) is 69.0 cm³/mol. The molecule has 0 aromatic heterocycles. The predicted octanol–water partition coefficient (Wildman–Crippen LogP) is 2.66. The van der Waals surface area contributed by atoms with Crippen LogP contribution in [0.25, 0.3) is 0 Å². The van der Waals surface area contributed by atoms with Gasteiger partial charge >= 0.3 is 0 Å². The Hall–Kier alpha value is -1.35. The van der Waals surface area contributed by atoms with E-state index in [0.717, 1.165) is 6.42 Å². The van der Waals surface area contributed by atoms with Gasteiger partial charge in [-0.2, -0.15) is 0 Å². The average Bonchev–Trinajstić information content (AvgIpc) is 2.78. The number of carbonyl (C=O) groups excluding carboxylic acids is 1. The third-order valence-electron chi connectivity index (χ3n) is 4.02. The molecule has 2 unspecified atom stereocenters. The van der Waals surface area contributed by atoms with Gasteiger partial charge in [-0.3, -0.25) is 4.79 Å². The number of rotatable bonds is 1. The molecule has 0 bridgehead atoms. The lowest BCUT2D eigenvalue weighted by molar-refractivity contribution is -0.147. The van der Waals surface area contributed by atoms with Crippen LogP contribution < -0.4 is 0 Å². The monoisotopic (exact) mass is 245 g/mol. The van der Waals surface area contributed by atoms with Crippen LogP contribution in [0.5, 0.6) is 0 Å². The van der Waals surface area contributed by atoms with Crippen molar-refractivity contribution in [2.75, 3.05) is 0 Å². The van der Waals surface area contributed by atoms with Crippen molar-refractivity contribution in [2.24, 2.45) is 0 Å². The fraction of sp³-hybridized carbons (Fsp3) is 0.533. The van der Waals surface area contributed by atoms with Gasteiger partial charge in [0.05, 0.1) is 12.1 Å². The molecule has 1 aliphatic carbocycles. The molecule has 3 heteroatoms. The normalized spacial score (nSPS) is 28.1. The molecule has 1 aromatic carbocycles. The maximum atomic E-state index is 12.2. The Bertz CT molecular complexity index is 495. The second-order valence-corrected chi connectivity index (χ2v) is 5.57. The molecular weight excluding hydrogens is 226 g/mol. The van der Waals surface area contributed by atoms with Crippen LogP contribution in [0.3, 0.4) is 0 Å². The van der Waals surface area contributed by atoms with E-state index in [0.29, 0.717) is 6.42 Å². The average molecular weight is 245 g/mol. The van der Waals surface area contributed by atoms with Crippen LogP contribution in [0.4, 0.5) is 0 Å². The summed E-state index contributed by atoms with van der Waals surface area (Å²) < 4.78 is 6.10. The maximum absolute atomic E-state index is 12.2. The van der Waals surface area contributed by atoms with E-state index in [1.807, 2.05) is 31.7 Å². The van der Waals surface area contributed by atoms with Crippen LogP contribution in [-0.2, 0) is 16.0 Å². The summed E-state index contributed by atoms with van der Waals surface area (Å²) in [5.41, 5.74) is 2.09. The second kappa shape index (κ2) is 3.82. The molecule has 2 aliphatic rings. The fourth-order valence-electron chi connectivity index (χ4n) is 3.34. The van der Waals surface area contributed by atoms with Gasteiger partial charge in [-0.1, -0.05) is 31.2 Å². The minimum Gasteiger partial charge on any atom is -0.350 e. The minimum atomic E-state index is -0.490. The number of nitrogens with zero attached hydrogens (tertiary/aromatic N) is 1. The number of fused-ring (bicyclic) bond motifs is 3. The Labute approximate surface area is 108 Å². The zero-order chi connectivity index (χ0) is 12.9. The molecule has 3 nitrogen and oxygen atoms in total. The van der Waals surface area contributed by atoms with Crippen LogP contribution in [0.1, 0.15) is 44.4 Å². The quantitative estimate of drug-likeness (QED) is 0.761. The Morgan fingerprint density at radius 3 is 2.89 bits per heavy atom. The summed E-state index contributed by atoms with van der Waals surface area (Å²) in [7, 11) is 0. The summed E-state index contributed by atoms with van der Waals surface area (Å²) >= 11 is 0. The highest BCUT2D eigenvalue weighted by molar-refractivity contribution is 5.77. The van der Waals surface area contributed by atoms with Gasteiger partial charge in [0, 0.05) is 12.8 Å². The Morgan fingerprint density at radius 2 is 2.17 bits per heavy atom. The van der Waals surface area contributed by atoms with E-state index in [9.17, 15) is 4.79 Å². The maximum Gasteiger partial charge on any atom is 0.225 e. The third kappa shape index (κ3) is 1.50. The van der Waals surface area contributed by atoms with Crippen molar-refractivity contribution >= 4 is 5.91 Å². The smallest absolute Gasteiger partial charge is 0.225 e. The van der Waals surface area contributed by atoms with Crippen LogP contribution in [0.15, 0.2) is 24.3 Å². The lowest BCUT2D eigenvalue weighted by atomic mass is 10.0. The number of hydrogen-bond acceptors (Lipinski definition) is 2. The van der Waals surface area contributed by atoms with E-state index in [2.05, 4.69) is 18.2 Å². The number of hydrogen-bond donors (Lipinski definition) is 0. The van der Waals surface area contributed by atoms with Gasteiger partial charge in [0.2, 0.25) is 5.91 Å². The Morgan fingerprint density at radius 1 is 1.44 bits per heavy atom. The first kappa shape index (κ1) is 11.7. The van der Waals surface area contributed by atoms with E-state index < -0.39 is 5.72 Å². The van der Waals surface area contributed by atoms with Crippen molar-refractivity contribution in [3.05, 3.63) is 35.4 Å². The van der Waals surface area contributed by atoms with Crippen LogP contribution in [0, 0.1) is 0 Å². The molecule has 3 rings (SSSR count). The summed E-state index contributed by atoms with van der Waals surface area (Å²) in [6.45, 7) is 5.88. The van der Waals surface area contributed by atoms with Crippen LogP contribution >= 0.6 is 0 Å². The minimum absolute atomic E-state index is 0.101. The van der Waals surface area contributed by atoms with Crippen molar-refractivity contribution in [3.8, 4) is 0 Å². The first-order valence-electron chi connectivity index (χ1n) is 6.62. The molecule has 1 saturated heterocycles. The first-order valence-corrected chi connectivity index (χ1v) is 6.62. The topological polar surface area (TPSA) is 29.5 Å². The van der Waals surface area contributed by atoms with E-state index >= 15 is 0 Å². The summed E-state index contributed by atoms with van der Waals surface area (Å²) in [6, 6.07) is 8.46. The zero-order valence-corrected chi connectivity index (χ0v) is 11.1. The lowest BCUT2D eigenvalue weighted by Gasteiger charge is -2.33. The molecule has 1 fully saturated rings. The number of ether oxygens (including phenoxy) is 1. The lowest BCUT2D eigenvalue weighted by Crippen LogP contribution is -2.44. The molecule has 0 saturated carbocycles. The highest BCUT2D eigenvalue weighted by Gasteiger charge is 2.52.